The second kappa shape index (κ2) is 5.20. The lowest BCUT2D eigenvalue weighted by Gasteiger charge is -2.25. The van der Waals surface area contributed by atoms with E-state index in [-0.39, 0.29) is 0 Å². The standard InChI is InChI=1S/C15H24N2S/c1-10-5-4-8-12(9-10)13-14(16)18-15(17-13)11-6-2-3-7-11/h10-12H,2-9,16H2,1H3. The van der Waals surface area contributed by atoms with Gasteiger partial charge < -0.3 is 5.73 Å². The fourth-order valence-electron chi connectivity index (χ4n) is 3.68. The van der Waals surface area contributed by atoms with Crippen molar-refractivity contribution in [3.05, 3.63) is 10.7 Å². The molecule has 1 aromatic rings. The van der Waals surface area contributed by atoms with Crippen LogP contribution in [-0.2, 0) is 0 Å². The summed E-state index contributed by atoms with van der Waals surface area (Å²) in [5, 5.41) is 2.34. The number of hydrogen-bond acceptors (Lipinski definition) is 3. The van der Waals surface area contributed by atoms with Crippen molar-refractivity contribution >= 4 is 16.3 Å². The lowest BCUT2D eigenvalue weighted by molar-refractivity contribution is 0.341. The molecule has 0 amide bonds. The number of nitrogens with two attached hydrogens (primary N) is 1. The van der Waals surface area contributed by atoms with E-state index in [1.54, 1.807) is 11.3 Å². The molecule has 1 aromatic heterocycles. The molecule has 0 bridgehead atoms. The number of thiazole rings is 1. The quantitative estimate of drug-likeness (QED) is 0.842. The van der Waals surface area contributed by atoms with E-state index < -0.39 is 0 Å². The second-order valence-corrected chi connectivity index (χ2v) is 7.31. The average molecular weight is 264 g/mol. The van der Waals surface area contributed by atoms with Crippen LogP contribution >= 0.6 is 11.3 Å². The van der Waals surface area contributed by atoms with Gasteiger partial charge in [-0.3, -0.25) is 0 Å². The van der Waals surface area contributed by atoms with Crippen LogP contribution in [0.4, 0.5) is 5.00 Å². The monoisotopic (exact) mass is 264 g/mol. The molecular weight excluding hydrogens is 240 g/mol. The van der Waals surface area contributed by atoms with E-state index in [2.05, 4.69) is 6.92 Å². The van der Waals surface area contributed by atoms with Gasteiger partial charge in [-0.25, -0.2) is 4.98 Å². The largest absolute Gasteiger partial charge is 0.389 e. The third kappa shape index (κ3) is 2.42. The van der Waals surface area contributed by atoms with E-state index >= 15 is 0 Å². The van der Waals surface area contributed by atoms with Crippen molar-refractivity contribution in [3.8, 4) is 0 Å². The summed E-state index contributed by atoms with van der Waals surface area (Å²) < 4.78 is 0. The van der Waals surface area contributed by atoms with Crippen molar-refractivity contribution in [2.24, 2.45) is 5.92 Å². The van der Waals surface area contributed by atoms with Crippen LogP contribution in [-0.4, -0.2) is 4.98 Å². The molecule has 2 saturated carbocycles. The Morgan fingerprint density at radius 3 is 2.50 bits per heavy atom. The summed E-state index contributed by atoms with van der Waals surface area (Å²) in [6.07, 6.45) is 10.7. The molecule has 2 N–H and O–H groups in total. The van der Waals surface area contributed by atoms with Gasteiger partial charge in [-0.15, -0.1) is 11.3 Å². The zero-order valence-electron chi connectivity index (χ0n) is 11.3. The van der Waals surface area contributed by atoms with Crippen LogP contribution in [0.15, 0.2) is 0 Å². The second-order valence-electron chi connectivity index (χ2n) is 6.25. The Labute approximate surface area is 114 Å². The summed E-state index contributed by atoms with van der Waals surface area (Å²) in [5.41, 5.74) is 7.49. The molecule has 2 nitrogen and oxygen atoms in total. The third-order valence-corrected chi connectivity index (χ3v) is 5.79. The van der Waals surface area contributed by atoms with Crippen molar-refractivity contribution in [2.75, 3.05) is 5.73 Å². The average Bonchev–Trinajstić information content (AvgIpc) is 2.97. The summed E-state index contributed by atoms with van der Waals surface area (Å²) in [5.74, 6) is 2.20. The van der Waals surface area contributed by atoms with Gasteiger partial charge in [0.05, 0.1) is 10.7 Å². The van der Waals surface area contributed by atoms with Gasteiger partial charge in [0.25, 0.3) is 0 Å². The number of hydrogen-bond donors (Lipinski definition) is 1. The van der Waals surface area contributed by atoms with Crippen LogP contribution in [0.1, 0.15) is 80.8 Å². The molecular formula is C15H24N2S. The Hall–Kier alpha value is -0.570. The number of rotatable bonds is 2. The summed E-state index contributed by atoms with van der Waals surface area (Å²) >= 11 is 1.77. The molecule has 3 heteroatoms. The van der Waals surface area contributed by atoms with E-state index in [4.69, 9.17) is 10.7 Å². The van der Waals surface area contributed by atoms with Gasteiger partial charge in [0.2, 0.25) is 0 Å². The first-order valence-electron chi connectivity index (χ1n) is 7.50. The van der Waals surface area contributed by atoms with Gasteiger partial charge in [0.1, 0.15) is 5.00 Å². The van der Waals surface area contributed by atoms with E-state index in [1.807, 2.05) is 0 Å². The molecule has 2 fully saturated rings. The van der Waals surface area contributed by atoms with Crippen molar-refractivity contribution in [1.82, 2.24) is 4.98 Å². The van der Waals surface area contributed by atoms with Crippen molar-refractivity contribution in [2.45, 2.75) is 70.1 Å². The van der Waals surface area contributed by atoms with Gasteiger partial charge in [0, 0.05) is 11.8 Å². The van der Waals surface area contributed by atoms with Crippen LogP contribution in [0.3, 0.4) is 0 Å². The summed E-state index contributed by atoms with van der Waals surface area (Å²) in [6.45, 7) is 2.37. The highest BCUT2D eigenvalue weighted by molar-refractivity contribution is 7.15. The molecule has 1 heterocycles. The maximum absolute atomic E-state index is 6.24. The molecule has 0 aliphatic heterocycles. The van der Waals surface area contributed by atoms with E-state index in [1.165, 1.54) is 62.1 Å². The van der Waals surface area contributed by atoms with Gasteiger partial charge in [0.15, 0.2) is 0 Å². The number of aromatic nitrogens is 1. The molecule has 2 atom stereocenters. The van der Waals surface area contributed by atoms with E-state index in [0.29, 0.717) is 11.8 Å². The number of anilines is 1. The highest BCUT2D eigenvalue weighted by Crippen LogP contribution is 2.43. The Bertz CT molecular complexity index is 407. The fourth-order valence-corrected chi connectivity index (χ4v) is 4.77. The predicted octanol–water partition coefficient (Wildman–Crippen LogP) is 4.68. The first-order valence-corrected chi connectivity index (χ1v) is 8.31. The van der Waals surface area contributed by atoms with Gasteiger partial charge in [-0.2, -0.15) is 0 Å². The maximum atomic E-state index is 6.24. The van der Waals surface area contributed by atoms with E-state index in [0.717, 1.165) is 10.9 Å². The molecule has 2 aliphatic rings. The molecule has 0 spiro atoms. The summed E-state index contributed by atoms with van der Waals surface area (Å²) in [4.78, 5) is 4.94. The minimum atomic E-state index is 0.639. The van der Waals surface area contributed by atoms with Gasteiger partial charge in [-0.05, 0) is 31.6 Å². The van der Waals surface area contributed by atoms with Crippen molar-refractivity contribution in [3.63, 3.8) is 0 Å². The molecule has 18 heavy (non-hydrogen) atoms. The first kappa shape index (κ1) is 12.5. The van der Waals surface area contributed by atoms with Gasteiger partial charge in [-0.1, -0.05) is 32.6 Å². The SMILES string of the molecule is CC1CCCC(c2nc(C3CCCC3)sc2N)C1. The highest BCUT2D eigenvalue weighted by atomic mass is 32.1. The predicted molar refractivity (Wildman–Crippen MR) is 78.1 cm³/mol. The Morgan fingerprint density at radius 2 is 1.78 bits per heavy atom. The summed E-state index contributed by atoms with van der Waals surface area (Å²) in [7, 11) is 0. The van der Waals surface area contributed by atoms with Crippen LogP contribution in [0, 0.1) is 5.92 Å². The maximum Gasteiger partial charge on any atom is 0.110 e. The van der Waals surface area contributed by atoms with Crippen LogP contribution in [0.25, 0.3) is 0 Å². The Morgan fingerprint density at radius 1 is 1.06 bits per heavy atom. The zero-order valence-corrected chi connectivity index (χ0v) is 12.1. The minimum Gasteiger partial charge on any atom is -0.389 e. The van der Waals surface area contributed by atoms with Gasteiger partial charge >= 0.3 is 0 Å². The summed E-state index contributed by atoms with van der Waals surface area (Å²) in [6, 6.07) is 0. The number of nitrogens with zero attached hydrogens (tertiary/aromatic N) is 1. The normalized spacial score (nSPS) is 29.8. The van der Waals surface area contributed by atoms with E-state index in [9.17, 15) is 0 Å². The molecule has 2 unspecified atom stereocenters. The van der Waals surface area contributed by atoms with Crippen molar-refractivity contribution < 1.29 is 0 Å². The topological polar surface area (TPSA) is 38.9 Å². The van der Waals surface area contributed by atoms with Crippen molar-refractivity contribution in [1.29, 1.82) is 0 Å². The molecule has 0 aromatic carbocycles. The lowest BCUT2D eigenvalue weighted by atomic mass is 9.81. The Balaban J connectivity index is 1.79. The number of nitrogen functional groups attached to an aromatic ring is 1. The first-order chi connectivity index (χ1) is 8.74. The van der Waals surface area contributed by atoms with Crippen LogP contribution < -0.4 is 5.73 Å². The molecule has 2 aliphatic carbocycles. The fraction of sp³-hybridized carbons (Fsp3) is 0.800. The molecule has 100 valence electrons. The lowest BCUT2D eigenvalue weighted by Crippen LogP contribution is -2.13. The van der Waals surface area contributed by atoms with Crippen LogP contribution in [0.2, 0.25) is 0 Å². The highest BCUT2D eigenvalue weighted by Gasteiger charge is 2.27. The molecule has 3 rings (SSSR count). The smallest absolute Gasteiger partial charge is 0.110 e. The van der Waals surface area contributed by atoms with Crippen LogP contribution in [0.5, 0.6) is 0 Å². The Kier molecular flexibility index (Phi) is 3.60. The molecule has 0 radical (unpaired) electrons. The zero-order chi connectivity index (χ0) is 12.5. The minimum absolute atomic E-state index is 0.639. The third-order valence-electron chi connectivity index (χ3n) is 4.73. The molecule has 0 saturated heterocycles.